The smallest absolute Gasteiger partial charge is 0.358 e. The number of ether oxygens (including phenoxy) is 1. The minimum Gasteiger partial charge on any atom is -0.461 e. The van der Waals surface area contributed by atoms with Crippen molar-refractivity contribution < 1.29 is 9.53 Å². The molecule has 0 aliphatic carbocycles. The van der Waals surface area contributed by atoms with Gasteiger partial charge in [-0.2, -0.15) is 0 Å². The summed E-state index contributed by atoms with van der Waals surface area (Å²) in [6.07, 6.45) is 2.94. The van der Waals surface area contributed by atoms with Crippen LogP contribution in [0.5, 0.6) is 0 Å². The fourth-order valence-corrected chi connectivity index (χ4v) is 0.703. The summed E-state index contributed by atoms with van der Waals surface area (Å²) in [7, 11) is 0. The second-order valence-corrected chi connectivity index (χ2v) is 2.26. The zero-order chi connectivity index (χ0) is 8.97. The van der Waals surface area contributed by atoms with Crippen LogP contribution < -0.4 is 0 Å². The third-order valence-electron chi connectivity index (χ3n) is 1.27. The predicted octanol–water partition coefficient (Wildman–Crippen LogP) is 0.962. The van der Waals surface area contributed by atoms with Gasteiger partial charge in [0, 0.05) is 6.20 Å². The number of aromatic nitrogens is 2. The van der Waals surface area contributed by atoms with E-state index in [4.69, 9.17) is 4.74 Å². The molecule has 12 heavy (non-hydrogen) atoms. The van der Waals surface area contributed by atoms with Crippen molar-refractivity contribution >= 4 is 5.97 Å². The lowest BCUT2D eigenvalue weighted by Crippen LogP contribution is -2.07. The Balaban J connectivity index is 2.75. The van der Waals surface area contributed by atoms with Crippen LogP contribution in [0.15, 0.2) is 12.4 Å². The van der Waals surface area contributed by atoms with Gasteiger partial charge in [0.05, 0.1) is 18.5 Å². The van der Waals surface area contributed by atoms with Gasteiger partial charge in [-0.15, -0.1) is 0 Å². The van der Waals surface area contributed by atoms with E-state index in [9.17, 15) is 4.79 Å². The van der Waals surface area contributed by atoms with Crippen molar-refractivity contribution in [2.75, 3.05) is 6.61 Å². The molecule has 4 nitrogen and oxygen atoms in total. The van der Waals surface area contributed by atoms with Gasteiger partial charge >= 0.3 is 5.97 Å². The summed E-state index contributed by atoms with van der Waals surface area (Å²) in [5.74, 6) is -0.426. The van der Waals surface area contributed by atoms with Crippen LogP contribution in [0.2, 0.25) is 0 Å². The van der Waals surface area contributed by atoms with Crippen LogP contribution in [-0.4, -0.2) is 22.5 Å². The molecule has 64 valence electrons. The molecule has 0 radical (unpaired) electrons. The lowest BCUT2D eigenvalue weighted by Gasteiger charge is -1.99. The molecule has 0 aliphatic heterocycles. The van der Waals surface area contributed by atoms with Crippen LogP contribution in [0, 0.1) is 6.92 Å². The predicted molar refractivity (Wildman–Crippen MR) is 42.7 cm³/mol. The Morgan fingerprint density at radius 2 is 2.25 bits per heavy atom. The number of carbonyl (C=O) groups is 1. The zero-order valence-corrected chi connectivity index (χ0v) is 7.07. The Morgan fingerprint density at radius 3 is 2.75 bits per heavy atom. The molecule has 0 amide bonds. The van der Waals surface area contributed by atoms with Gasteiger partial charge in [0.25, 0.3) is 0 Å². The van der Waals surface area contributed by atoms with Crippen LogP contribution in [0.4, 0.5) is 0 Å². The highest BCUT2D eigenvalue weighted by Crippen LogP contribution is 1.96. The molecule has 0 N–H and O–H groups in total. The van der Waals surface area contributed by atoms with E-state index in [0.717, 1.165) is 5.69 Å². The molecule has 1 aromatic heterocycles. The van der Waals surface area contributed by atoms with Crippen LogP contribution in [-0.2, 0) is 4.74 Å². The van der Waals surface area contributed by atoms with E-state index in [2.05, 4.69) is 9.97 Å². The SMILES string of the molecule is CCOC(=O)c1cnc(C)cn1. The van der Waals surface area contributed by atoms with Crippen molar-refractivity contribution in [1.29, 1.82) is 0 Å². The van der Waals surface area contributed by atoms with Crippen LogP contribution in [0.25, 0.3) is 0 Å². The molecule has 0 saturated carbocycles. The van der Waals surface area contributed by atoms with Gasteiger partial charge in [0.2, 0.25) is 0 Å². The van der Waals surface area contributed by atoms with Gasteiger partial charge in [0.1, 0.15) is 0 Å². The first-order chi connectivity index (χ1) is 5.74. The van der Waals surface area contributed by atoms with Gasteiger partial charge < -0.3 is 4.74 Å². The molecule has 0 fully saturated rings. The number of esters is 1. The molecule has 0 aliphatic rings. The standard InChI is InChI=1S/C8H10N2O2/c1-3-12-8(11)7-5-9-6(2)4-10-7/h4-5H,3H2,1-2H3. The van der Waals surface area contributed by atoms with Crippen molar-refractivity contribution in [3.05, 3.63) is 23.8 Å². The summed E-state index contributed by atoms with van der Waals surface area (Å²) >= 11 is 0. The number of rotatable bonds is 2. The molecule has 0 spiro atoms. The Morgan fingerprint density at radius 1 is 1.50 bits per heavy atom. The maximum Gasteiger partial charge on any atom is 0.358 e. The summed E-state index contributed by atoms with van der Waals surface area (Å²) in [5, 5.41) is 0. The highest BCUT2D eigenvalue weighted by atomic mass is 16.5. The first-order valence-corrected chi connectivity index (χ1v) is 3.69. The first kappa shape index (κ1) is 8.64. The van der Waals surface area contributed by atoms with E-state index in [0.29, 0.717) is 6.61 Å². The zero-order valence-electron chi connectivity index (χ0n) is 7.07. The third-order valence-corrected chi connectivity index (χ3v) is 1.27. The van der Waals surface area contributed by atoms with Crippen molar-refractivity contribution in [1.82, 2.24) is 9.97 Å². The minimum absolute atomic E-state index is 0.252. The third kappa shape index (κ3) is 2.02. The lowest BCUT2D eigenvalue weighted by atomic mass is 10.4. The number of hydrogen-bond acceptors (Lipinski definition) is 4. The van der Waals surface area contributed by atoms with Gasteiger partial charge in [0.15, 0.2) is 5.69 Å². The van der Waals surface area contributed by atoms with Crippen molar-refractivity contribution in [3.63, 3.8) is 0 Å². The molecule has 0 saturated heterocycles. The van der Waals surface area contributed by atoms with E-state index < -0.39 is 5.97 Å². The van der Waals surface area contributed by atoms with E-state index in [-0.39, 0.29) is 5.69 Å². The fraction of sp³-hybridized carbons (Fsp3) is 0.375. The van der Waals surface area contributed by atoms with Crippen LogP contribution >= 0.6 is 0 Å². The average molecular weight is 166 g/mol. The van der Waals surface area contributed by atoms with Gasteiger partial charge in [-0.1, -0.05) is 0 Å². The minimum atomic E-state index is -0.426. The molecular formula is C8H10N2O2. The molecule has 0 unspecified atom stereocenters. The highest BCUT2D eigenvalue weighted by molar-refractivity contribution is 5.86. The summed E-state index contributed by atoms with van der Waals surface area (Å²) in [6.45, 7) is 3.91. The summed E-state index contributed by atoms with van der Waals surface area (Å²) in [6, 6.07) is 0. The lowest BCUT2D eigenvalue weighted by molar-refractivity contribution is 0.0519. The monoisotopic (exact) mass is 166 g/mol. The number of aryl methyl sites for hydroxylation is 1. The summed E-state index contributed by atoms with van der Waals surface area (Å²) < 4.78 is 4.73. The molecule has 0 bridgehead atoms. The molecule has 1 rings (SSSR count). The summed E-state index contributed by atoms with van der Waals surface area (Å²) in [4.78, 5) is 18.8. The van der Waals surface area contributed by atoms with Crippen molar-refractivity contribution in [2.45, 2.75) is 13.8 Å². The van der Waals surface area contributed by atoms with E-state index in [1.165, 1.54) is 12.4 Å². The first-order valence-electron chi connectivity index (χ1n) is 3.69. The van der Waals surface area contributed by atoms with E-state index >= 15 is 0 Å². The second-order valence-electron chi connectivity index (χ2n) is 2.26. The second kappa shape index (κ2) is 3.80. The molecule has 0 atom stereocenters. The highest BCUT2D eigenvalue weighted by Gasteiger charge is 2.06. The Labute approximate surface area is 70.6 Å². The maximum atomic E-state index is 11.0. The van der Waals surface area contributed by atoms with Gasteiger partial charge in [-0.05, 0) is 13.8 Å². The van der Waals surface area contributed by atoms with Crippen LogP contribution in [0.3, 0.4) is 0 Å². The fourth-order valence-electron chi connectivity index (χ4n) is 0.703. The average Bonchev–Trinajstić information content (AvgIpc) is 2.06. The quantitative estimate of drug-likeness (QED) is 0.614. The van der Waals surface area contributed by atoms with Gasteiger partial charge in [-0.3, -0.25) is 4.98 Å². The van der Waals surface area contributed by atoms with E-state index in [1.54, 1.807) is 6.92 Å². The Hall–Kier alpha value is -1.45. The number of nitrogens with zero attached hydrogens (tertiary/aromatic N) is 2. The van der Waals surface area contributed by atoms with Gasteiger partial charge in [-0.25, -0.2) is 9.78 Å². The Bertz CT molecular complexity index is 269. The number of hydrogen-bond donors (Lipinski definition) is 0. The summed E-state index contributed by atoms with van der Waals surface area (Å²) in [5.41, 5.74) is 1.03. The molecule has 4 heteroatoms. The van der Waals surface area contributed by atoms with Crippen molar-refractivity contribution in [2.24, 2.45) is 0 Å². The molecule has 1 aromatic rings. The normalized spacial score (nSPS) is 9.50. The molecule has 0 aromatic carbocycles. The molecule has 1 heterocycles. The molecular weight excluding hydrogens is 156 g/mol. The van der Waals surface area contributed by atoms with Crippen molar-refractivity contribution in [3.8, 4) is 0 Å². The van der Waals surface area contributed by atoms with E-state index in [1.807, 2.05) is 6.92 Å². The topological polar surface area (TPSA) is 52.1 Å². The maximum absolute atomic E-state index is 11.0. The largest absolute Gasteiger partial charge is 0.461 e. The Kier molecular flexibility index (Phi) is 2.74. The number of carbonyl (C=O) groups excluding carboxylic acids is 1. The van der Waals surface area contributed by atoms with Crippen LogP contribution in [0.1, 0.15) is 23.1 Å².